The second-order valence-corrected chi connectivity index (χ2v) is 13.0. The Morgan fingerprint density at radius 3 is 1.88 bits per heavy atom. The molecular weight excluding hydrogens is 631 g/mol. The van der Waals surface area contributed by atoms with Crippen LogP contribution < -0.4 is 4.90 Å². The number of rotatable bonds is 6. The normalized spacial score (nSPS) is 12.5. The van der Waals surface area contributed by atoms with Crippen LogP contribution in [0.15, 0.2) is 205 Å². The van der Waals surface area contributed by atoms with Gasteiger partial charge in [-0.1, -0.05) is 139 Å². The fraction of sp³-hybridized carbons (Fsp3) is 0. The summed E-state index contributed by atoms with van der Waals surface area (Å²) in [7, 11) is 0. The minimum absolute atomic E-state index is 0.0944. The minimum atomic E-state index is -0.121. The molecule has 0 aliphatic rings. The molecule has 0 aliphatic carbocycles. The Morgan fingerprint density at radius 1 is 0.385 bits per heavy atom. The monoisotopic (exact) mass is 667 g/mol. The van der Waals surface area contributed by atoms with Gasteiger partial charge in [0.15, 0.2) is 0 Å². The van der Waals surface area contributed by atoms with Crippen molar-refractivity contribution in [2.45, 2.75) is 0 Å². The fourth-order valence-electron chi connectivity index (χ4n) is 7.32. The van der Waals surface area contributed by atoms with Gasteiger partial charge in [-0.2, -0.15) is 0 Å². The Bertz CT molecular complexity index is 3110. The molecule has 0 atom stereocenters. The number of fused-ring (bicyclic) bond motifs is 6. The quantitative estimate of drug-likeness (QED) is 0.175. The summed E-state index contributed by atoms with van der Waals surface area (Å²) in [5.41, 5.74) is 8.14. The summed E-state index contributed by atoms with van der Waals surface area (Å²) >= 11 is 0. The van der Waals surface area contributed by atoms with Crippen LogP contribution in [0.25, 0.3) is 76.9 Å². The molecule has 0 bridgehead atoms. The van der Waals surface area contributed by atoms with Crippen LogP contribution in [0.2, 0.25) is 0 Å². The largest absolute Gasteiger partial charge is 0.455 e. The summed E-state index contributed by atoms with van der Waals surface area (Å²) < 4.78 is 43.8. The lowest BCUT2D eigenvalue weighted by Crippen LogP contribution is -2.11. The molecule has 0 saturated heterocycles. The van der Waals surface area contributed by atoms with Gasteiger partial charge in [0.2, 0.25) is 0 Å². The summed E-state index contributed by atoms with van der Waals surface area (Å²) in [4.78, 5) is 1.88. The highest BCUT2D eigenvalue weighted by Gasteiger charge is 2.19. The second kappa shape index (κ2) is 12.5. The standard InChI is InChI=1S/C50H33NO/c1-2-10-34(11-3-1)36-20-26-42(27-21-36)51(43-28-22-37(23-29-43)39-19-18-35-12-4-5-13-38(35)32-39)48-16-8-6-14-44(48)40-24-30-45-41(33-40)25-31-47-46-15-7-9-17-49(46)52-50(45)47/h1-33H/i20D,21D,26D,27D. The lowest BCUT2D eigenvalue weighted by molar-refractivity contribution is 0.672. The highest BCUT2D eigenvalue weighted by Crippen LogP contribution is 2.43. The van der Waals surface area contributed by atoms with E-state index in [0.29, 0.717) is 11.3 Å². The summed E-state index contributed by atoms with van der Waals surface area (Å²) in [6, 6.07) is 58.2. The van der Waals surface area contributed by atoms with Gasteiger partial charge in [-0.3, -0.25) is 0 Å². The van der Waals surface area contributed by atoms with Crippen LogP contribution in [0.4, 0.5) is 17.1 Å². The highest BCUT2D eigenvalue weighted by atomic mass is 16.3. The van der Waals surface area contributed by atoms with E-state index < -0.39 is 0 Å². The first-order valence-corrected chi connectivity index (χ1v) is 17.4. The van der Waals surface area contributed by atoms with Gasteiger partial charge in [0.1, 0.15) is 11.2 Å². The van der Waals surface area contributed by atoms with Crippen molar-refractivity contribution in [3.8, 4) is 33.4 Å². The van der Waals surface area contributed by atoms with Crippen LogP contribution in [0.5, 0.6) is 0 Å². The van der Waals surface area contributed by atoms with E-state index in [1.807, 2.05) is 102 Å². The lowest BCUT2D eigenvalue weighted by atomic mass is 9.97. The van der Waals surface area contributed by atoms with E-state index in [4.69, 9.17) is 4.42 Å². The first kappa shape index (κ1) is 26.0. The first-order valence-electron chi connectivity index (χ1n) is 19.4. The van der Waals surface area contributed by atoms with Crippen molar-refractivity contribution in [1.82, 2.24) is 0 Å². The zero-order chi connectivity index (χ0) is 37.9. The molecule has 1 aromatic heterocycles. The van der Waals surface area contributed by atoms with Crippen molar-refractivity contribution >= 4 is 60.5 Å². The second-order valence-electron chi connectivity index (χ2n) is 13.0. The molecule has 0 aliphatic heterocycles. The number of hydrogen-bond donors (Lipinski definition) is 0. The molecule has 52 heavy (non-hydrogen) atoms. The third-order valence-corrected chi connectivity index (χ3v) is 9.92. The van der Waals surface area contributed by atoms with E-state index in [1.54, 1.807) is 0 Å². The summed E-state index contributed by atoms with van der Waals surface area (Å²) in [6.45, 7) is 0. The van der Waals surface area contributed by atoms with Crippen LogP contribution in [-0.2, 0) is 0 Å². The van der Waals surface area contributed by atoms with Gasteiger partial charge in [-0.05, 0) is 105 Å². The van der Waals surface area contributed by atoms with E-state index in [-0.39, 0.29) is 35.4 Å². The molecule has 0 unspecified atom stereocenters. The van der Waals surface area contributed by atoms with E-state index in [0.717, 1.165) is 66.0 Å². The number of nitrogens with zero attached hydrogens (tertiary/aromatic N) is 1. The zero-order valence-electron chi connectivity index (χ0n) is 32.1. The van der Waals surface area contributed by atoms with Gasteiger partial charge >= 0.3 is 0 Å². The summed E-state index contributed by atoms with van der Waals surface area (Å²) in [5, 5.41) is 6.52. The van der Waals surface area contributed by atoms with E-state index in [1.165, 1.54) is 5.39 Å². The van der Waals surface area contributed by atoms with Crippen molar-refractivity contribution in [3.63, 3.8) is 0 Å². The van der Waals surface area contributed by atoms with Gasteiger partial charge in [0.05, 0.1) is 11.2 Å². The Hall–Kier alpha value is -6.90. The fourth-order valence-corrected chi connectivity index (χ4v) is 7.32. The molecule has 0 saturated carbocycles. The number of hydrogen-bond acceptors (Lipinski definition) is 2. The molecule has 2 heteroatoms. The average molecular weight is 668 g/mol. The maximum Gasteiger partial charge on any atom is 0.143 e. The molecule has 0 amide bonds. The minimum Gasteiger partial charge on any atom is -0.455 e. The molecule has 0 N–H and O–H groups in total. The predicted molar refractivity (Wildman–Crippen MR) is 220 cm³/mol. The van der Waals surface area contributed by atoms with Crippen LogP contribution in [0, 0.1) is 0 Å². The Morgan fingerprint density at radius 2 is 1.02 bits per heavy atom. The van der Waals surface area contributed by atoms with Crippen LogP contribution in [0.3, 0.4) is 0 Å². The van der Waals surface area contributed by atoms with Gasteiger partial charge in [-0.25, -0.2) is 0 Å². The molecule has 10 aromatic rings. The maximum absolute atomic E-state index is 9.47. The third kappa shape index (κ3) is 5.21. The van der Waals surface area contributed by atoms with Gasteiger partial charge in [0.25, 0.3) is 0 Å². The number of anilines is 3. The average Bonchev–Trinajstić information content (AvgIpc) is 3.64. The number of benzene rings is 9. The van der Waals surface area contributed by atoms with Crippen molar-refractivity contribution in [3.05, 3.63) is 200 Å². The smallest absolute Gasteiger partial charge is 0.143 e. The molecule has 0 radical (unpaired) electrons. The first-order chi connectivity index (χ1) is 27.4. The molecule has 1 heterocycles. The zero-order valence-corrected chi connectivity index (χ0v) is 28.1. The van der Waals surface area contributed by atoms with Crippen molar-refractivity contribution in [2.75, 3.05) is 4.90 Å². The third-order valence-electron chi connectivity index (χ3n) is 9.92. The molecule has 9 aromatic carbocycles. The SMILES string of the molecule is [2H]c1c([2H])c(N(c2ccc(-c3ccc4ccccc4c3)cc2)c2ccccc2-c2ccc3c(ccc4c5ccccc5oc34)c2)c([2H])c([2H])c1-c1ccccc1. The number of para-hydroxylation sites is 2. The molecule has 0 spiro atoms. The summed E-state index contributed by atoms with van der Waals surface area (Å²) in [5.74, 6) is 0. The topological polar surface area (TPSA) is 16.4 Å². The summed E-state index contributed by atoms with van der Waals surface area (Å²) in [6.07, 6.45) is 0. The molecule has 0 fully saturated rings. The lowest BCUT2D eigenvalue weighted by Gasteiger charge is -2.28. The van der Waals surface area contributed by atoms with E-state index >= 15 is 0 Å². The Kier molecular flexibility index (Phi) is 6.22. The van der Waals surface area contributed by atoms with Crippen molar-refractivity contribution in [1.29, 1.82) is 0 Å². The van der Waals surface area contributed by atoms with Crippen molar-refractivity contribution < 1.29 is 9.90 Å². The maximum atomic E-state index is 9.47. The molecule has 2 nitrogen and oxygen atoms in total. The van der Waals surface area contributed by atoms with E-state index in [9.17, 15) is 5.48 Å². The van der Waals surface area contributed by atoms with Crippen LogP contribution in [0.1, 0.15) is 5.48 Å². The molecular formula is C50H33NO. The predicted octanol–water partition coefficient (Wildman–Crippen LogP) is 14.4. The van der Waals surface area contributed by atoms with Gasteiger partial charge < -0.3 is 9.32 Å². The van der Waals surface area contributed by atoms with Gasteiger partial charge in [0, 0.05) is 33.1 Å². The molecule has 244 valence electrons. The van der Waals surface area contributed by atoms with Crippen molar-refractivity contribution in [2.24, 2.45) is 0 Å². The van der Waals surface area contributed by atoms with E-state index in [2.05, 4.69) is 78.9 Å². The Labute approximate surface area is 308 Å². The van der Waals surface area contributed by atoms with Gasteiger partial charge in [-0.15, -0.1) is 0 Å². The van der Waals surface area contributed by atoms with Crippen LogP contribution >= 0.6 is 0 Å². The molecule has 10 rings (SSSR count). The highest BCUT2D eigenvalue weighted by molar-refractivity contribution is 6.15. The Balaban J connectivity index is 1.16. The van der Waals surface area contributed by atoms with Crippen LogP contribution in [-0.4, -0.2) is 0 Å². The number of furan rings is 1.